The zero-order valence-electron chi connectivity index (χ0n) is 37.2. The Morgan fingerprint density at radius 1 is 0.292 bits per heavy atom. The van der Waals surface area contributed by atoms with Crippen LogP contribution in [0.1, 0.15) is 49.9 Å². The van der Waals surface area contributed by atoms with Gasteiger partial charge in [0.1, 0.15) is 0 Å². The molecule has 13 rings (SSSR count). The number of anilines is 3. The predicted molar refractivity (Wildman–Crippen MR) is 277 cm³/mol. The number of nitrogens with zero attached hydrogens (tertiary/aromatic N) is 1. The highest BCUT2D eigenvalue weighted by molar-refractivity contribution is 6.05. The molecule has 0 fully saturated rings. The molecule has 0 aliphatic heterocycles. The summed E-state index contributed by atoms with van der Waals surface area (Å²) in [6.07, 6.45) is 0. The third-order valence-corrected chi connectivity index (χ3v) is 14.9. The summed E-state index contributed by atoms with van der Waals surface area (Å²) in [6.45, 7) is 9.61. The summed E-state index contributed by atoms with van der Waals surface area (Å²) in [4.78, 5) is 2.49. The summed E-state index contributed by atoms with van der Waals surface area (Å²) in [5, 5.41) is 10.3. The van der Waals surface area contributed by atoms with Gasteiger partial charge in [0.2, 0.25) is 0 Å². The van der Waals surface area contributed by atoms with Crippen LogP contribution in [0.25, 0.3) is 87.6 Å². The number of rotatable bonds is 5. The Morgan fingerprint density at radius 2 is 0.785 bits per heavy atom. The molecule has 0 N–H and O–H groups in total. The molecule has 0 saturated heterocycles. The largest absolute Gasteiger partial charge is 0.310 e. The smallest absolute Gasteiger partial charge is 0.0540 e. The van der Waals surface area contributed by atoms with Crippen LogP contribution < -0.4 is 4.90 Å². The fraction of sp³-hybridized carbons (Fsp3) is 0.0938. The first-order chi connectivity index (χ1) is 31.7. The Morgan fingerprint density at radius 3 is 1.51 bits per heavy atom. The number of hydrogen-bond acceptors (Lipinski definition) is 1. The quantitative estimate of drug-likeness (QED) is 0.167. The van der Waals surface area contributed by atoms with E-state index in [0.717, 1.165) is 17.1 Å². The average Bonchev–Trinajstić information content (AvgIpc) is 3.71. The molecule has 65 heavy (non-hydrogen) atoms. The molecule has 0 unspecified atom stereocenters. The van der Waals surface area contributed by atoms with Crippen molar-refractivity contribution < 1.29 is 0 Å². The molecule has 0 atom stereocenters. The van der Waals surface area contributed by atoms with Crippen molar-refractivity contribution in [3.63, 3.8) is 0 Å². The first-order valence-electron chi connectivity index (χ1n) is 23.0. The Labute approximate surface area is 380 Å². The highest BCUT2D eigenvalue weighted by Gasteiger charge is 2.39. The van der Waals surface area contributed by atoms with E-state index in [1.54, 1.807) is 0 Å². The van der Waals surface area contributed by atoms with Crippen LogP contribution >= 0.6 is 0 Å². The lowest BCUT2D eigenvalue weighted by molar-refractivity contribution is 0.662. The minimum Gasteiger partial charge on any atom is -0.310 e. The molecule has 0 heterocycles. The molecule has 0 saturated carbocycles. The lowest BCUT2D eigenvalue weighted by Crippen LogP contribution is -2.16. The van der Waals surface area contributed by atoms with Crippen LogP contribution in [0.5, 0.6) is 0 Å². The average molecular weight is 830 g/mol. The topological polar surface area (TPSA) is 3.24 Å². The van der Waals surface area contributed by atoms with Crippen molar-refractivity contribution in [2.45, 2.75) is 38.5 Å². The summed E-state index contributed by atoms with van der Waals surface area (Å²) < 4.78 is 0. The molecule has 2 aliphatic carbocycles. The van der Waals surface area contributed by atoms with Crippen molar-refractivity contribution >= 4 is 60.2 Å². The van der Waals surface area contributed by atoms with Gasteiger partial charge in [-0.2, -0.15) is 0 Å². The highest BCUT2D eigenvalue weighted by Crippen LogP contribution is 2.55. The van der Waals surface area contributed by atoms with Crippen LogP contribution in [0, 0.1) is 0 Å². The first kappa shape index (κ1) is 37.8. The summed E-state index contributed by atoms with van der Waals surface area (Å²) in [5.41, 5.74) is 18.9. The lowest BCUT2D eigenvalue weighted by Gasteiger charge is -2.29. The van der Waals surface area contributed by atoms with Crippen molar-refractivity contribution in [3.05, 3.63) is 235 Å². The van der Waals surface area contributed by atoms with Crippen LogP contribution in [-0.4, -0.2) is 0 Å². The van der Waals surface area contributed by atoms with Crippen molar-refractivity contribution in [1.29, 1.82) is 0 Å². The van der Waals surface area contributed by atoms with Crippen LogP contribution in [0.2, 0.25) is 0 Å². The molecule has 1 heteroatoms. The normalized spacial score (nSPS) is 14.1. The van der Waals surface area contributed by atoms with Crippen molar-refractivity contribution in [3.8, 4) is 44.5 Å². The fourth-order valence-corrected chi connectivity index (χ4v) is 11.8. The minimum atomic E-state index is -0.163. The van der Waals surface area contributed by atoms with Gasteiger partial charge in [0.05, 0.1) is 5.69 Å². The van der Waals surface area contributed by atoms with Gasteiger partial charge in [-0.3, -0.25) is 0 Å². The van der Waals surface area contributed by atoms with Gasteiger partial charge in [-0.25, -0.2) is 0 Å². The Hall–Kier alpha value is -7.74. The van der Waals surface area contributed by atoms with E-state index >= 15 is 0 Å². The van der Waals surface area contributed by atoms with Gasteiger partial charge in [-0.15, -0.1) is 0 Å². The van der Waals surface area contributed by atoms with Gasteiger partial charge in [-0.1, -0.05) is 185 Å². The molecule has 0 aromatic heterocycles. The summed E-state index contributed by atoms with van der Waals surface area (Å²) >= 11 is 0. The van der Waals surface area contributed by atoms with E-state index in [4.69, 9.17) is 0 Å². The second-order valence-electron chi connectivity index (χ2n) is 19.3. The Balaban J connectivity index is 0.987. The van der Waals surface area contributed by atoms with E-state index in [1.807, 2.05) is 0 Å². The molecule has 0 amide bonds. The van der Waals surface area contributed by atoms with Gasteiger partial charge >= 0.3 is 0 Å². The zero-order chi connectivity index (χ0) is 43.6. The maximum absolute atomic E-state index is 2.49. The Bertz CT molecular complexity index is 3760. The van der Waals surface area contributed by atoms with Gasteiger partial charge in [0.15, 0.2) is 0 Å². The Kier molecular flexibility index (Phi) is 8.07. The van der Waals surface area contributed by atoms with E-state index in [1.165, 1.54) is 110 Å². The number of fused-ring (bicyclic) bond motifs is 12. The molecule has 11 aromatic rings. The van der Waals surface area contributed by atoms with Crippen molar-refractivity contribution in [2.75, 3.05) is 4.90 Å². The molecule has 1 nitrogen and oxygen atoms in total. The van der Waals surface area contributed by atoms with E-state index < -0.39 is 0 Å². The number of hydrogen-bond donors (Lipinski definition) is 0. The summed E-state index contributed by atoms with van der Waals surface area (Å²) in [6, 6.07) is 79.6. The molecular formula is C64H47N. The second-order valence-corrected chi connectivity index (χ2v) is 19.3. The standard InChI is InChI=1S/C64H47N/c1-63(2)58-38-45-18-9-8-17-44(45)36-56(58)57-37-46-26-29-49(35-48(46)39-59(57)63)65(60-21-13-12-19-51(60)43-24-22-41(23-25-43)40-14-6-5-7-15-40)50-30-33-53-47(34-50)28-32-55-54-31-27-42-16-10-11-20-52(42)61(54)64(3,4)62(53)55/h5-39H,1-4H3. The van der Waals surface area contributed by atoms with E-state index in [2.05, 4.69) is 245 Å². The molecule has 0 spiro atoms. The number of para-hydroxylation sites is 1. The molecule has 308 valence electrons. The van der Waals surface area contributed by atoms with Gasteiger partial charge in [-0.05, 0) is 159 Å². The van der Waals surface area contributed by atoms with E-state index in [9.17, 15) is 0 Å². The van der Waals surface area contributed by atoms with Crippen molar-refractivity contribution in [2.24, 2.45) is 0 Å². The SMILES string of the molecule is CC1(C)c2cc3ccccc3cc2-c2cc3ccc(N(c4ccc5c6c(ccc5c4)-c4ccc5ccccc5c4C6(C)C)c4ccccc4-c4ccc(-c5ccccc5)cc4)cc3cc21. The predicted octanol–water partition coefficient (Wildman–Crippen LogP) is 17.7. The first-order valence-corrected chi connectivity index (χ1v) is 23.0. The number of benzene rings is 11. The van der Waals surface area contributed by atoms with E-state index in [-0.39, 0.29) is 10.8 Å². The van der Waals surface area contributed by atoms with Gasteiger partial charge in [0.25, 0.3) is 0 Å². The minimum absolute atomic E-state index is 0.130. The fourth-order valence-electron chi connectivity index (χ4n) is 11.8. The zero-order valence-corrected chi connectivity index (χ0v) is 37.2. The molecule has 2 aliphatic rings. The summed E-state index contributed by atoms with van der Waals surface area (Å²) in [7, 11) is 0. The van der Waals surface area contributed by atoms with Crippen LogP contribution in [0.15, 0.2) is 212 Å². The van der Waals surface area contributed by atoms with Crippen LogP contribution in [0.3, 0.4) is 0 Å². The highest BCUT2D eigenvalue weighted by atomic mass is 15.1. The van der Waals surface area contributed by atoms with Gasteiger partial charge < -0.3 is 4.90 Å². The van der Waals surface area contributed by atoms with Gasteiger partial charge in [0, 0.05) is 27.8 Å². The summed E-state index contributed by atoms with van der Waals surface area (Å²) in [5.74, 6) is 0. The molecule has 11 aromatic carbocycles. The second kappa shape index (κ2) is 13.9. The van der Waals surface area contributed by atoms with Crippen LogP contribution in [0.4, 0.5) is 17.1 Å². The van der Waals surface area contributed by atoms with Crippen LogP contribution in [-0.2, 0) is 10.8 Å². The van der Waals surface area contributed by atoms with Crippen molar-refractivity contribution in [1.82, 2.24) is 0 Å². The monoisotopic (exact) mass is 829 g/mol. The maximum atomic E-state index is 2.49. The maximum Gasteiger partial charge on any atom is 0.0540 e. The third-order valence-electron chi connectivity index (χ3n) is 14.9. The molecule has 0 radical (unpaired) electrons. The molecule has 0 bridgehead atoms. The lowest BCUT2D eigenvalue weighted by atomic mass is 9.78. The third kappa shape index (κ3) is 5.65. The van der Waals surface area contributed by atoms with E-state index in [0.29, 0.717) is 0 Å². The molecular weight excluding hydrogens is 783 g/mol.